The van der Waals surface area contributed by atoms with Crippen LogP contribution in [0.1, 0.15) is 0 Å². The van der Waals surface area contributed by atoms with Gasteiger partial charge in [0.15, 0.2) is 0 Å². The maximum atomic E-state index is 12.6. The molecule has 2 N–H and O–H groups in total. The standard InChI is InChI=1S/C20H14BrN5O3/c21-13-4-5-17-15(9-13)20(29)26(11-22-17)10-19(28)23-14-3-1-2-12(8-14)16-6-7-18(27)25-24-16/h1-9,11H,10H2,(H,23,28)(H,25,27). The highest BCUT2D eigenvalue weighted by atomic mass is 79.9. The molecule has 0 aliphatic carbocycles. The second kappa shape index (κ2) is 7.80. The van der Waals surface area contributed by atoms with Crippen molar-refractivity contribution in [2.45, 2.75) is 6.54 Å². The summed E-state index contributed by atoms with van der Waals surface area (Å²) < 4.78 is 2.02. The molecule has 0 saturated heterocycles. The number of nitrogens with zero attached hydrogens (tertiary/aromatic N) is 3. The van der Waals surface area contributed by atoms with Crippen LogP contribution in [-0.2, 0) is 11.3 Å². The van der Waals surface area contributed by atoms with Crippen LogP contribution >= 0.6 is 15.9 Å². The van der Waals surface area contributed by atoms with Gasteiger partial charge in [0.1, 0.15) is 6.54 Å². The van der Waals surface area contributed by atoms with Gasteiger partial charge in [-0.1, -0.05) is 28.1 Å². The SMILES string of the molecule is O=C(Cn1cnc2ccc(Br)cc2c1=O)Nc1cccc(-c2ccc(=O)[nH]n2)c1. The van der Waals surface area contributed by atoms with E-state index in [0.717, 1.165) is 10.0 Å². The molecular formula is C20H14BrN5O3. The second-order valence-electron chi connectivity index (χ2n) is 6.27. The van der Waals surface area contributed by atoms with E-state index in [1.807, 2.05) is 6.07 Å². The summed E-state index contributed by atoms with van der Waals surface area (Å²) in [6.07, 6.45) is 1.36. The van der Waals surface area contributed by atoms with Crippen LogP contribution in [0.3, 0.4) is 0 Å². The number of aromatic nitrogens is 4. The molecule has 4 aromatic rings. The van der Waals surface area contributed by atoms with E-state index < -0.39 is 0 Å². The molecule has 0 spiro atoms. The fourth-order valence-electron chi connectivity index (χ4n) is 2.86. The normalized spacial score (nSPS) is 10.8. The van der Waals surface area contributed by atoms with Crippen LogP contribution in [0.2, 0.25) is 0 Å². The highest BCUT2D eigenvalue weighted by Crippen LogP contribution is 2.20. The van der Waals surface area contributed by atoms with Gasteiger partial charge in [0.05, 0.1) is 22.9 Å². The number of amides is 1. The van der Waals surface area contributed by atoms with E-state index in [-0.39, 0.29) is 23.6 Å². The number of hydrogen-bond acceptors (Lipinski definition) is 5. The second-order valence-corrected chi connectivity index (χ2v) is 7.19. The summed E-state index contributed by atoms with van der Waals surface area (Å²) >= 11 is 3.34. The molecule has 0 bridgehead atoms. The Balaban J connectivity index is 1.55. The van der Waals surface area contributed by atoms with Gasteiger partial charge in [0, 0.05) is 21.8 Å². The third-order valence-corrected chi connectivity index (χ3v) is 4.71. The zero-order chi connectivity index (χ0) is 20.4. The predicted molar refractivity (Wildman–Crippen MR) is 113 cm³/mol. The molecule has 0 aliphatic heterocycles. The van der Waals surface area contributed by atoms with Crippen molar-refractivity contribution in [3.63, 3.8) is 0 Å². The number of nitrogens with one attached hydrogen (secondary N) is 2. The van der Waals surface area contributed by atoms with Gasteiger partial charge in [-0.15, -0.1) is 0 Å². The van der Waals surface area contributed by atoms with Gasteiger partial charge in [-0.2, -0.15) is 5.10 Å². The number of carbonyl (C=O) groups excluding carboxylic acids is 1. The minimum absolute atomic E-state index is 0.171. The Kier molecular flexibility index (Phi) is 5.05. The molecule has 1 amide bonds. The van der Waals surface area contributed by atoms with E-state index in [0.29, 0.717) is 22.3 Å². The van der Waals surface area contributed by atoms with Gasteiger partial charge in [-0.25, -0.2) is 10.1 Å². The van der Waals surface area contributed by atoms with Crippen molar-refractivity contribution in [1.29, 1.82) is 0 Å². The monoisotopic (exact) mass is 451 g/mol. The molecule has 29 heavy (non-hydrogen) atoms. The highest BCUT2D eigenvalue weighted by molar-refractivity contribution is 9.10. The fraction of sp³-hybridized carbons (Fsp3) is 0.0500. The zero-order valence-electron chi connectivity index (χ0n) is 14.9. The van der Waals surface area contributed by atoms with E-state index in [2.05, 4.69) is 36.4 Å². The first kappa shape index (κ1) is 18.8. The van der Waals surface area contributed by atoms with Crippen molar-refractivity contribution in [3.8, 4) is 11.3 Å². The molecule has 0 aliphatic rings. The lowest BCUT2D eigenvalue weighted by atomic mass is 10.1. The van der Waals surface area contributed by atoms with Gasteiger partial charge < -0.3 is 5.32 Å². The molecule has 0 saturated carbocycles. The Labute approximate surface area is 172 Å². The zero-order valence-corrected chi connectivity index (χ0v) is 16.5. The van der Waals surface area contributed by atoms with E-state index in [1.165, 1.54) is 17.0 Å². The number of anilines is 1. The van der Waals surface area contributed by atoms with Gasteiger partial charge >= 0.3 is 0 Å². The summed E-state index contributed by atoms with van der Waals surface area (Å²) in [6.45, 7) is -0.171. The summed E-state index contributed by atoms with van der Waals surface area (Å²) in [4.78, 5) is 40.5. The van der Waals surface area contributed by atoms with Crippen molar-refractivity contribution in [2.75, 3.05) is 5.32 Å². The number of aromatic amines is 1. The lowest BCUT2D eigenvalue weighted by Crippen LogP contribution is -2.27. The van der Waals surface area contributed by atoms with Crippen molar-refractivity contribution in [3.05, 3.63) is 86.1 Å². The molecule has 0 radical (unpaired) electrons. The molecule has 2 aromatic heterocycles. The summed E-state index contributed by atoms with van der Waals surface area (Å²) in [5, 5.41) is 9.55. The fourth-order valence-corrected chi connectivity index (χ4v) is 3.22. The average Bonchev–Trinajstić information content (AvgIpc) is 2.71. The van der Waals surface area contributed by atoms with Crippen LogP contribution in [0.4, 0.5) is 5.69 Å². The molecule has 2 aromatic carbocycles. The maximum absolute atomic E-state index is 12.6. The lowest BCUT2D eigenvalue weighted by Gasteiger charge is -2.09. The van der Waals surface area contributed by atoms with E-state index in [4.69, 9.17) is 0 Å². The largest absolute Gasteiger partial charge is 0.325 e. The van der Waals surface area contributed by atoms with E-state index in [9.17, 15) is 14.4 Å². The van der Waals surface area contributed by atoms with Crippen molar-refractivity contribution >= 4 is 38.4 Å². The molecule has 4 rings (SSSR count). The molecule has 144 valence electrons. The average molecular weight is 452 g/mol. The minimum atomic E-state index is -0.366. The first-order chi connectivity index (χ1) is 14.0. The molecule has 8 nitrogen and oxygen atoms in total. The summed E-state index contributed by atoms with van der Waals surface area (Å²) in [5.74, 6) is -0.366. The Morgan fingerprint density at radius 1 is 1.10 bits per heavy atom. The van der Waals surface area contributed by atoms with Crippen LogP contribution < -0.4 is 16.4 Å². The molecule has 0 atom stereocenters. The summed E-state index contributed by atoms with van der Waals surface area (Å²) in [7, 11) is 0. The first-order valence-corrected chi connectivity index (χ1v) is 9.40. The number of fused-ring (bicyclic) bond motifs is 1. The Morgan fingerprint density at radius 3 is 2.76 bits per heavy atom. The number of hydrogen-bond donors (Lipinski definition) is 2. The van der Waals surface area contributed by atoms with E-state index >= 15 is 0 Å². The molecular weight excluding hydrogens is 438 g/mol. The van der Waals surface area contributed by atoms with Crippen molar-refractivity contribution < 1.29 is 4.79 Å². The predicted octanol–water partition coefficient (Wildman–Crippen LogP) is 2.55. The highest BCUT2D eigenvalue weighted by Gasteiger charge is 2.10. The van der Waals surface area contributed by atoms with Crippen LogP contribution in [0, 0.1) is 0 Å². The van der Waals surface area contributed by atoms with Crippen LogP contribution in [0.25, 0.3) is 22.2 Å². The Bertz CT molecular complexity index is 1330. The number of H-pyrrole nitrogens is 1. The van der Waals surface area contributed by atoms with Crippen molar-refractivity contribution in [1.82, 2.24) is 19.7 Å². The number of carbonyl (C=O) groups is 1. The van der Waals surface area contributed by atoms with Gasteiger partial charge in [-0.3, -0.25) is 19.0 Å². The van der Waals surface area contributed by atoms with Crippen LogP contribution in [-0.4, -0.2) is 25.7 Å². The first-order valence-electron chi connectivity index (χ1n) is 8.60. The van der Waals surface area contributed by atoms with E-state index in [1.54, 1.807) is 42.5 Å². The van der Waals surface area contributed by atoms with Gasteiger partial charge in [-0.05, 0) is 36.4 Å². The quantitative estimate of drug-likeness (QED) is 0.495. The molecule has 0 unspecified atom stereocenters. The van der Waals surface area contributed by atoms with Crippen LogP contribution in [0.5, 0.6) is 0 Å². The Hall–Kier alpha value is -3.59. The smallest absolute Gasteiger partial charge is 0.264 e. The summed E-state index contributed by atoms with van der Waals surface area (Å²) in [5.41, 5.74) is 1.83. The third-order valence-electron chi connectivity index (χ3n) is 4.22. The van der Waals surface area contributed by atoms with Gasteiger partial charge in [0.2, 0.25) is 5.91 Å². The van der Waals surface area contributed by atoms with Crippen molar-refractivity contribution in [2.24, 2.45) is 0 Å². The van der Waals surface area contributed by atoms with Gasteiger partial charge in [0.25, 0.3) is 11.1 Å². The lowest BCUT2D eigenvalue weighted by molar-refractivity contribution is -0.116. The number of benzene rings is 2. The third kappa shape index (κ3) is 4.14. The molecule has 0 fully saturated rings. The summed E-state index contributed by atoms with van der Waals surface area (Å²) in [6, 6.07) is 15.2. The topological polar surface area (TPSA) is 110 Å². The maximum Gasteiger partial charge on any atom is 0.264 e. The van der Waals surface area contributed by atoms with Crippen LogP contribution in [0.15, 0.2) is 75.0 Å². The minimum Gasteiger partial charge on any atom is -0.325 e. The molecule has 9 heteroatoms. The number of rotatable bonds is 4. The molecule has 2 heterocycles. The number of halogens is 1. The Morgan fingerprint density at radius 2 is 1.97 bits per heavy atom.